The number of carbonyl (C=O) groups excluding carboxylic acids is 2. The second kappa shape index (κ2) is 10.6. The maximum absolute atomic E-state index is 11.5. The van der Waals surface area contributed by atoms with Crippen molar-refractivity contribution in [1.29, 1.82) is 0 Å². The van der Waals surface area contributed by atoms with Gasteiger partial charge in [0, 0.05) is 36.4 Å². The summed E-state index contributed by atoms with van der Waals surface area (Å²) in [5.41, 5.74) is 0. The average Bonchev–Trinajstić information content (AvgIpc) is 2.34. The Kier molecular flexibility index (Phi) is 10.3. The summed E-state index contributed by atoms with van der Waals surface area (Å²) < 4.78 is 0. The number of amides is 2. The molecule has 0 heterocycles. The van der Waals surface area contributed by atoms with Gasteiger partial charge in [-0.2, -0.15) is 0 Å². The summed E-state index contributed by atoms with van der Waals surface area (Å²) in [6.07, 6.45) is 0. The molecule has 0 spiro atoms. The Hall–Kier alpha value is -0.360. The van der Waals surface area contributed by atoms with Gasteiger partial charge < -0.3 is 10.6 Å². The van der Waals surface area contributed by atoms with Crippen molar-refractivity contribution < 1.29 is 9.59 Å². The first kappa shape index (κ1) is 17.6. The maximum atomic E-state index is 11.5. The van der Waals surface area contributed by atoms with Crippen LogP contribution in [0.5, 0.6) is 0 Å². The summed E-state index contributed by atoms with van der Waals surface area (Å²) in [6, 6.07) is 0. The molecular weight excluding hydrogens is 268 g/mol. The third-order valence-electron chi connectivity index (χ3n) is 2.32. The molecule has 2 unspecified atom stereocenters. The molecule has 2 amide bonds. The van der Waals surface area contributed by atoms with Crippen molar-refractivity contribution in [3.05, 3.63) is 0 Å². The van der Waals surface area contributed by atoms with E-state index in [1.165, 1.54) is 0 Å². The quantitative estimate of drug-likeness (QED) is 0.503. The molecule has 0 aromatic heterocycles. The molecule has 0 radical (unpaired) electrons. The Morgan fingerprint density at radius 3 is 1.50 bits per heavy atom. The zero-order chi connectivity index (χ0) is 14.0. The van der Waals surface area contributed by atoms with Crippen LogP contribution in [0, 0.1) is 11.8 Å². The van der Waals surface area contributed by atoms with E-state index in [0.717, 1.165) is 11.5 Å². The van der Waals surface area contributed by atoms with E-state index in [2.05, 4.69) is 10.6 Å². The highest BCUT2D eigenvalue weighted by Gasteiger charge is 2.14. The molecule has 0 aromatic carbocycles. The molecular formula is C12H24N2O2S2. The molecule has 0 aliphatic heterocycles. The summed E-state index contributed by atoms with van der Waals surface area (Å²) in [5, 5.41) is 5.61. The topological polar surface area (TPSA) is 58.2 Å². The Labute approximate surface area is 118 Å². The molecule has 0 saturated heterocycles. The molecule has 4 nitrogen and oxygen atoms in total. The van der Waals surface area contributed by atoms with E-state index in [9.17, 15) is 9.59 Å². The number of hydrogen-bond acceptors (Lipinski definition) is 4. The van der Waals surface area contributed by atoms with Crippen LogP contribution in [0.25, 0.3) is 0 Å². The van der Waals surface area contributed by atoms with Gasteiger partial charge in [-0.15, -0.1) is 0 Å². The minimum atomic E-state index is 0.0159. The van der Waals surface area contributed by atoms with Crippen molar-refractivity contribution in [2.75, 3.05) is 24.6 Å². The highest BCUT2D eigenvalue weighted by atomic mass is 33.1. The molecule has 2 N–H and O–H groups in total. The van der Waals surface area contributed by atoms with E-state index in [4.69, 9.17) is 0 Å². The van der Waals surface area contributed by atoms with Gasteiger partial charge in [0.2, 0.25) is 11.8 Å². The lowest BCUT2D eigenvalue weighted by molar-refractivity contribution is -0.124. The van der Waals surface area contributed by atoms with Crippen LogP contribution in [-0.4, -0.2) is 36.4 Å². The van der Waals surface area contributed by atoms with Crippen LogP contribution >= 0.6 is 21.6 Å². The number of nitrogens with one attached hydrogen (secondary N) is 2. The summed E-state index contributed by atoms with van der Waals surface area (Å²) in [4.78, 5) is 22.9. The third kappa shape index (κ3) is 7.87. The minimum absolute atomic E-state index is 0.0159. The molecule has 18 heavy (non-hydrogen) atoms. The van der Waals surface area contributed by atoms with Crippen LogP contribution in [0.15, 0.2) is 0 Å². The van der Waals surface area contributed by atoms with Crippen molar-refractivity contribution in [1.82, 2.24) is 10.6 Å². The smallest absolute Gasteiger partial charge is 0.223 e. The number of hydrogen-bond donors (Lipinski definition) is 2. The van der Waals surface area contributed by atoms with Crippen LogP contribution in [0.4, 0.5) is 0 Å². The zero-order valence-electron chi connectivity index (χ0n) is 11.6. The van der Waals surface area contributed by atoms with Gasteiger partial charge in [0.15, 0.2) is 0 Å². The van der Waals surface area contributed by atoms with Gasteiger partial charge in [-0.1, -0.05) is 35.4 Å². The van der Waals surface area contributed by atoms with Gasteiger partial charge in [0.25, 0.3) is 0 Å². The highest BCUT2D eigenvalue weighted by molar-refractivity contribution is 8.76. The second-order valence-corrected chi connectivity index (χ2v) is 6.71. The number of carbonyl (C=O) groups is 2. The predicted octanol–water partition coefficient (Wildman–Crippen LogP) is 1.91. The minimum Gasteiger partial charge on any atom is -0.356 e. The maximum Gasteiger partial charge on any atom is 0.223 e. The lowest BCUT2D eigenvalue weighted by atomic mass is 10.2. The average molecular weight is 292 g/mol. The van der Waals surface area contributed by atoms with Gasteiger partial charge in [-0.25, -0.2) is 0 Å². The Morgan fingerprint density at radius 1 is 0.889 bits per heavy atom. The van der Waals surface area contributed by atoms with E-state index < -0.39 is 0 Å². The van der Waals surface area contributed by atoms with E-state index >= 15 is 0 Å². The van der Waals surface area contributed by atoms with E-state index in [1.807, 2.05) is 27.7 Å². The standard InChI is InChI=1S/C12H24N2O2S2/c1-5-13-11(15)9(3)7-17-18-8-10(4)12(16)14-6-2/h9-10H,5-8H2,1-4H3,(H,13,15)(H,14,16). The second-order valence-electron chi connectivity index (χ2n) is 4.16. The van der Waals surface area contributed by atoms with Gasteiger partial charge in [0.1, 0.15) is 0 Å². The molecule has 6 heteroatoms. The fourth-order valence-electron chi connectivity index (χ4n) is 1.15. The van der Waals surface area contributed by atoms with Crippen molar-refractivity contribution in [3.63, 3.8) is 0 Å². The SMILES string of the molecule is CCNC(=O)C(C)CSSCC(C)C(=O)NCC. The normalized spacial score (nSPS) is 13.8. The predicted molar refractivity (Wildman–Crippen MR) is 80.6 cm³/mol. The van der Waals surface area contributed by atoms with E-state index in [1.54, 1.807) is 21.6 Å². The summed E-state index contributed by atoms with van der Waals surface area (Å²) in [7, 11) is 3.31. The lowest BCUT2D eigenvalue weighted by Gasteiger charge is -2.12. The molecule has 0 fully saturated rings. The summed E-state index contributed by atoms with van der Waals surface area (Å²) in [6.45, 7) is 9.03. The fraction of sp³-hybridized carbons (Fsp3) is 0.833. The Balaban J connectivity index is 3.66. The van der Waals surface area contributed by atoms with Crippen molar-refractivity contribution >= 4 is 33.4 Å². The zero-order valence-corrected chi connectivity index (χ0v) is 13.2. The molecule has 0 aliphatic rings. The van der Waals surface area contributed by atoms with Gasteiger partial charge in [-0.05, 0) is 13.8 Å². The van der Waals surface area contributed by atoms with Crippen LogP contribution in [0.3, 0.4) is 0 Å². The highest BCUT2D eigenvalue weighted by Crippen LogP contribution is 2.26. The fourth-order valence-corrected chi connectivity index (χ4v) is 3.85. The van der Waals surface area contributed by atoms with Crippen LogP contribution in [-0.2, 0) is 9.59 Å². The monoisotopic (exact) mass is 292 g/mol. The third-order valence-corrected chi connectivity index (χ3v) is 5.07. The van der Waals surface area contributed by atoms with E-state index in [-0.39, 0.29) is 23.7 Å². The first-order valence-electron chi connectivity index (χ1n) is 6.32. The van der Waals surface area contributed by atoms with Crippen molar-refractivity contribution in [3.8, 4) is 0 Å². The van der Waals surface area contributed by atoms with Crippen molar-refractivity contribution in [2.24, 2.45) is 11.8 Å². The van der Waals surface area contributed by atoms with Gasteiger partial charge in [-0.3, -0.25) is 9.59 Å². The van der Waals surface area contributed by atoms with Crippen LogP contribution in [0.1, 0.15) is 27.7 Å². The Bertz CT molecular complexity index is 236. The first-order chi connectivity index (χ1) is 8.52. The molecule has 0 saturated carbocycles. The largest absolute Gasteiger partial charge is 0.356 e. The molecule has 0 bridgehead atoms. The lowest BCUT2D eigenvalue weighted by Crippen LogP contribution is -2.30. The summed E-state index contributed by atoms with van der Waals surface area (Å²) >= 11 is 0. The summed E-state index contributed by atoms with van der Waals surface area (Å²) in [5.74, 6) is 1.78. The van der Waals surface area contributed by atoms with Gasteiger partial charge >= 0.3 is 0 Å². The Morgan fingerprint density at radius 2 is 1.22 bits per heavy atom. The van der Waals surface area contributed by atoms with Gasteiger partial charge in [0.05, 0.1) is 0 Å². The first-order valence-corrected chi connectivity index (χ1v) is 8.81. The molecule has 0 rings (SSSR count). The molecule has 106 valence electrons. The molecule has 0 aliphatic carbocycles. The van der Waals surface area contributed by atoms with E-state index in [0.29, 0.717) is 13.1 Å². The molecule has 2 atom stereocenters. The molecule has 0 aromatic rings. The van der Waals surface area contributed by atoms with Crippen molar-refractivity contribution in [2.45, 2.75) is 27.7 Å². The van der Waals surface area contributed by atoms with Crippen LogP contribution < -0.4 is 10.6 Å². The van der Waals surface area contributed by atoms with Crippen LogP contribution in [0.2, 0.25) is 0 Å². The number of rotatable bonds is 9.